The van der Waals surface area contributed by atoms with Crippen LogP contribution in [0.4, 0.5) is 0 Å². The molecular weight excluding hydrogens is 341 g/mol. The second-order valence-electron chi connectivity index (χ2n) is 0.894. The van der Waals surface area contributed by atoms with E-state index in [-0.39, 0.29) is 38.1 Å². The summed E-state index contributed by atoms with van der Waals surface area (Å²) in [5, 5.41) is 0. The second-order valence-corrected chi connectivity index (χ2v) is 2.68. The summed E-state index contributed by atoms with van der Waals surface area (Å²) >= 11 is 0. The molecular formula is MnMoO8P2. The minimum absolute atomic E-state index is 0. The van der Waals surface area contributed by atoms with Gasteiger partial charge in [-0.15, -0.1) is 0 Å². The molecule has 0 aliphatic carbocycles. The average molecular weight is 341 g/mol. The molecule has 71 valence electrons. The van der Waals surface area contributed by atoms with Crippen LogP contribution in [0.25, 0.3) is 0 Å². The first-order valence-electron chi connectivity index (χ1n) is 1.46. The van der Waals surface area contributed by atoms with Crippen LogP contribution < -0.4 is 29.4 Å². The molecule has 0 aliphatic heterocycles. The zero-order chi connectivity index (χ0) is 9.00. The van der Waals surface area contributed by atoms with Gasteiger partial charge in [0, 0.05) is 0 Å². The Labute approximate surface area is 92.2 Å². The van der Waals surface area contributed by atoms with Gasteiger partial charge >= 0.3 is 38.1 Å². The van der Waals surface area contributed by atoms with Crippen molar-refractivity contribution in [2.75, 3.05) is 0 Å². The Morgan fingerprint density at radius 3 is 0.667 bits per heavy atom. The number of phosphoric acid groups is 2. The predicted molar refractivity (Wildman–Crippen MR) is 15.2 cm³/mol. The fourth-order valence-electron chi connectivity index (χ4n) is 0. The van der Waals surface area contributed by atoms with Crippen LogP contribution in [0, 0.1) is 0 Å². The number of rotatable bonds is 0. The largest absolute Gasteiger partial charge is 4.00 e. The molecule has 0 aliphatic rings. The van der Waals surface area contributed by atoms with Crippen molar-refractivity contribution in [2.24, 2.45) is 0 Å². The Morgan fingerprint density at radius 1 is 0.667 bits per heavy atom. The van der Waals surface area contributed by atoms with Crippen LogP contribution >= 0.6 is 15.6 Å². The fraction of sp³-hybridized carbons (Fsp3) is 0. The molecule has 0 rings (SSSR count). The van der Waals surface area contributed by atoms with E-state index in [1.54, 1.807) is 0 Å². The van der Waals surface area contributed by atoms with Gasteiger partial charge in [0.05, 0.1) is 0 Å². The van der Waals surface area contributed by atoms with Crippen LogP contribution in [0.2, 0.25) is 0 Å². The molecule has 0 unspecified atom stereocenters. The van der Waals surface area contributed by atoms with E-state index >= 15 is 0 Å². The molecule has 0 aromatic carbocycles. The normalized spacial score (nSPS) is 9.83. The van der Waals surface area contributed by atoms with Crippen LogP contribution in [0.15, 0.2) is 0 Å². The van der Waals surface area contributed by atoms with Crippen LogP contribution in [0.1, 0.15) is 0 Å². The third-order valence-corrected chi connectivity index (χ3v) is 0. The summed E-state index contributed by atoms with van der Waals surface area (Å²) in [6.07, 6.45) is 0. The second kappa shape index (κ2) is 9.00. The van der Waals surface area contributed by atoms with Crippen molar-refractivity contribution in [2.45, 2.75) is 0 Å². The molecule has 0 saturated heterocycles. The van der Waals surface area contributed by atoms with Gasteiger partial charge in [0.15, 0.2) is 0 Å². The first-order chi connectivity index (χ1) is 4.00. The third kappa shape index (κ3) is 610. The van der Waals surface area contributed by atoms with Crippen molar-refractivity contribution in [1.29, 1.82) is 0 Å². The predicted octanol–water partition coefficient (Wildman–Crippen LogP) is -5.65. The maximum atomic E-state index is 8.55. The van der Waals surface area contributed by atoms with E-state index in [4.69, 9.17) is 38.5 Å². The van der Waals surface area contributed by atoms with Crippen LogP contribution in [0.3, 0.4) is 0 Å². The quantitative estimate of drug-likeness (QED) is 0.310. The molecule has 0 heterocycles. The smallest absolute Gasteiger partial charge is 0.822 e. The number of hydrogen-bond acceptors (Lipinski definition) is 8. The third-order valence-electron chi connectivity index (χ3n) is 0. The van der Waals surface area contributed by atoms with Gasteiger partial charge in [-0.3, -0.25) is 0 Å². The summed E-state index contributed by atoms with van der Waals surface area (Å²) in [5.41, 5.74) is 0. The van der Waals surface area contributed by atoms with Gasteiger partial charge in [0.25, 0.3) is 0 Å². The van der Waals surface area contributed by atoms with E-state index < -0.39 is 15.6 Å². The van der Waals surface area contributed by atoms with Gasteiger partial charge in [0.2, 0.25) is 0 Å². The van der Waals surface area contributed by atoms with Crippen molar-refractivity contribution < 1.29 is 76.6 Å². The van der Waals surface area contributed by atoms with Crippen LogP contribution in [-0.4, -0.2) is 0 Å². The average Bonchev–Trinajstić information content (AvgIpc) is 1.12. The summed E-state index contributed by atoms with van der Waals surface area (Å²) in [6, 6.07) is 0. The van der Waals surface area contributed by atoms with Gasteiger partial charge in [-0.2, -0.15) is 15.6 Å². The topological polar surface area (TPSA) is 172 Å². The first kappa shape index (κ1) is 23.3. The maximum absolute atomic E-state index is 8.55. The van der Waals surface area contributed by atoms with E-state index in [1.807, 2.05) is 0 Å². The van der Waals surface area contributed by atoms with E-state index in [2.05, 4.69) is 0 Å². The van der Waals surface area contributed by atoms with E-state index in [0.29, 0.717) is 0 Å². The van der Waals surface area contributed by atoms with Crippen LogP contribution in [0.5, 0.6) is 0 Å². The molecule has 0 saturated carbocycles. The molecule has 0 fully saturated rings. The monoisotopic (exact) mass is 343 g/mol. The maximum Gasteiger partial charge on any atom is 4.00 e. The van der Waals surface area contributed by atoms with E-state index in [0.717, 1.165) is 0 Å². The van der Waals surface area contributed by atoms with Gasteiger partial charge < -0.3 is 38.5 Å². The summed E-state index contributed by atoms with van der Waals surface area (Å²) in [6.45, 7) is 0. The SMILES string of the molecule is O=P([O-])([O-])[O-].O=P([O-])([O-])[O-].[Mn+2].[Mo+4]. The van der Waals surface area contributed by atoms with Crippen molar-refractivity contribution in [3.8, 4) is 0 Å². The summed E-state index contributed by atoms with van der Waals surface area (Å²) < 4.78 is 17.1. The summed E-state index contributed by atoms with van der Waals surface area (Å²) in [5.74, 6) is 0. The van der Waals surface area contributed by atoms with Gasteiger partial charge in [0.1, 0.15) is 0 Å². The molecule has 0 aromatic heterocycles. The molecule has 0 bridgehead atoms. The minimum atomic E-state index is -5.39. The minimum Gasteiger partial charge on any atom is -0.822 e. The van der Waals surface area contributed by atoms with Gasteiger partial charge in [-0.25, -0.2) is 0 Å². The Kier molecular flexibility index (Phi) is 17.5. The van der Waals surface area contributed by atoms with E-state index in [1.165, 1.54) is 0 Å². The Bertz CT molecular complexity index is 129. The van der Waals surface area contributed by atoms with Crippen molar-refractivity contribution in [3.63, 3.8) is 0 Å². The standard InChI is InChI=1S/Mn.Mo.2H3O4P/c;;2*1-5(2,3)4/h;;2*(H3,1,2,3,4)/q+2;+4;;/p-6. The van der Waals surface area contributed by atoms with Crippen LogP contribution in [-0.2, 0) is 47.3 Å². The van der Waals surface area contributed by atoms with Crippen molar-refractivity contribution >= 4 is 15.6 Å². The molecule has 12 heteroatoms. The molecule has 0 N–H and O–H groups in total. The molecule has 0 aromatic rings. The van der Waals surface area contributed by atoms with Gasteiger partial charge in [-0.1, -0.05) is 0 Å². The molecule has 12 heavy (non-hydrogen) atoms. The van der Waals surface area contributed by atoms with E-state index in [9.17, 15) is 0 Å². The summed E-state index contributed by atoms with van der Waals surface area (Å²) in [4.78, 5) is 51.3. The number of hydrogen-bond donors (Lipinski definition) is 0. The van der Waals surface area contributed by atoms with Gasteiger partial charge in [-0.05, 0) is 0 Å². The van der Waals surface area contributed by atoms with Crippen molar-refractivity contribution in [1.82, 2.24) is 0 Å². The van der Waals surface area contributed by atoms with Crippen molar-refractivity contribution in [3.05, 3.63) is 0 Å². The molecule has 0 amide bonds. The Balaban J connectivity index is -0.0000000457. The summed E-state index contributed by atoms with van der Waals surface area (Å²) in [7, 11) is -10.8. The molecule has 1 radical (unpaired) electrons. The Morgan fingerprint density at radius 2 is 0.667 bits per heavy atom. The molecule has 8 nitrogen and oxygen atoms in total. The Hall–Kier alpha value is 1.43. The zero-order valence-corrected chi connectivity index (χ0v) is 9.92. The molecule has 0 atom stereocenters. The fourth-order valence-corrected chi connectivity index (χ4v) is 0. The zero-order valence-electron chi connectivity index (χ0n) is 4.95. The molecule has 0 spiro atoms. The first-order valence-corrected chi connectivity index (χ1v) is 4.38.